The quantitative estimate of drug-likeness (QED) is 0.141. The van der Waals surface area contributed by atoms with Gasteiger partial charge in [-0.1, -0.05) is 34.1 Å². The Labute approximate surface area is 202 Å². The highest BCUT2D eigenvalue weighted by molar-refractivity contribution is 5.69. The van der Waals surface area contributed by atoms with Crippen LogP contribution < -0.4 is 0 Å². The zero-order chi connectivity index (χ0) is 24.9. The van der Waals surface area contributed by atoms with E-state index in [1.165, 1.54) is 6.42 Å². The van der Waals surface area contributed by atoms with Crippen molar-refractivity contribution in [3.05, 3.63) is 5.21 Å². The largest absolute Gasteiger partial charge is 0.624 e. The number of ether oxygens (including phenoxy) is 1. The minimum Gasteiger partial charge on any atom is -0.624 e. The van der Waals surface area contributed by atoms with Crippen LogP contribution in [0.5, 0.6) is 0 Å². The molecule has 1 aliphatic heterocycles. The highest BCUT2D eigenvalue weighted by Crippen LogP contribution is 2.29. The summed E-state index contributed by atoms with van der Waals surface area (Å²) >= 11 is 0. The van der Waals surface area contributed by atoms with E-state index in [4.69, 9.17) is 9.84 Å². The number of carbonyl (C=O) groups is 2. The Bertz CT molecular complexity index is 583. The van der Waals surface area contributed by atoms with Crippen molar-refractivity contribution in [1.29, 1.82) is 0 Å². The molecule has 33 heavy (non-hydrogen) atoms. The van der Waals surface area contributed by atoms with Crippen LogP contribution in [-0.2, 0) is 9.53 Å². The maximum atomic E-state index is 12.3. The third-order valence-corrected chi connectivity index (χ3v) is 7.18. The molecule has 0 saturated carbocycles. The third-order valence-electron chi connectivity index (χ3n) is 7.18. The fourth-order valence-electron chi connectivity index (χ4n) is 4.82. The standard InChI is InChI=1S/C26H50N2O5/c1-6-28(32)18-17-27(25(28)31)16-10-11-22(2)21-23(3)13-20-33-19-8-7-14-26(4,5)15-9-12-24(29)30/h22-23H,6-21H2,1-5H3,(H,29,30). The van der Waals surface area contributed by atoms with Gasteiger partial charge in [0.05, 0.1) is 13.1 Å². The monoisotopic (exact) mass is 470 g/mol. The first-order chi connectivity index (χ1) is 15.5. The molecule has 0 spiro atoms. The number of carboxylic acid groups (broad SMARTS) is 1. The Hall–Kier alpha value is -1.18. The number of quaternary nitrogens is 1. The number of amides is 2. The molecule has 0 bridgehead atoms. The number of hydrogen-bond donors (Lipinski definition) is 1. The first-order valence-corrected chi connectivity index (χ1v) is 13.2. The number of rotatable bonds is 19. The van der Waals surface area contributed by atoms with Crippen molar-refractivity contribution in [2.45, 2.75) is 98.8 Å². The lowest BCUT2D eigenvalue weighted by Crippen LogP contribution is -2.45. The molecule has 1 aliphatic rings. The second-order valence-electron chi connectivity index (χ2n) is 11.1. The smallest absolute Gasteiger partial charge is 0.419 e. The maximum absolute atomic E-state index is 12.3. The van der Waals surface area contributed by atoms with Gasteiger partial charge in [-0.3, -0.25) is 14.3 Å². The van der Waals surface area contributed by atoms with Crippen LogP contribution in [0.25, 0.3) is 0 Å². The number of likely N-dealkylation sites (N-methyl/N-ethyl adjacent to an activating group) is 1. The van der Waals surface area contributed by atoms with E-state index >= 15 is 0 Å². The summed E-state index contributed by atoms with van der Waals surface area (Å²) in [7, 11) is 0. The average Bonchev–Trinajstić information content (AvgIpc) is 3.01. The second-order valence-corrected chi connectivity index (χ2v) is 11.1. The Morgan fingerprint density at radius 3 is 2.42 bits per heavy atom. The van der Waals surface area contributed by atoms with E-state index in [-0.39, 0.29) is 17.9 Å². The van der Waals surface area contributed by atoms with E-state index in [2.05, 4.69) is 27.7 Å². The molecule has 3 unspecified atom stereocenters. The molecule has 0 aromatic heterocycles. The lowest BCUT2D eigenvalue weighted by atomic mass is 9.82. The summed E-state index contributed by atoms with van der Waals surface area (Å²) in [6.45, 7) is 14.4. The minimum absolute atomic E-state index is 0.204. The summed E-state index contributed by atoms with van der Waals surface area (Å²) in [6, 6.07) is -0.252. The van der Waals surface area contributed by atoms with Crippen LogP contribution in [0.1, 0.15) is 98.8 Å². The molecule has 0 radical (unpaired) electrons. The predicted octanol–water partition coefficient (Wildman–Crippen LogP) is 6.06. The molecule has 1 fully saturated rings. The van der Waals surface area contributed by atoms with Crippen LogP contribution in [0.15, 0.2) is 0 Å². The molecule has 194 valence electrons. The second kappa shape index (κ2) is 14.9. The van der Waals surface area contributed by atoms with Crippen LogP contribution in [0.3, 0.4) is 0 Å². The topological polar surface area (TPSA) is 89.9 Å². The van der Waals surface area contributed by atoms with Crippen molar-refractivity contribution in [1.82, 2.24) is 4.90 Å². The number of unbranched alkanes of at least 4 members (excludes halogenated alkanes) is 1. The van der Waals surface area contributed by atoms with Crippen LogP contribution in [-0.4, -0.2) is 66.0 Å². The number of carbonyl (C=O) groups excluding carboxylic acids is 1. The summed E-state index contributed by atoms with van der Waals surface area (Å²) in [5, 5.41) is 21.0. The summed E-state index contributed by atoms with van der Waals surface area (Å²) in [4.78, 5) is 24.6. The number of hydrogen-bond acceptors (Lipinski definition) is 4. The molecule has 1 heterocycles. The van der Waals surface area contributed by atoms with Crippen LogP contribution in [0.4, 0.5) is 4.79 Å². The van der Waals surface area contributed by atoms with Gasteiger partial charge in [0.1, 0.15) is 6.54 Å². The SMILES string of the molecule is CC[N+]1([O-])CCN(CCCC(C)CC(C)CCOCCCCC(C)(C)CCCC(=O)O)C1=O. The molecule has 7 heteroatoms. The zero-order valence-corrected chi connectivity index (χ0v) is 21.9. The van der Waals surface area contributed by atoms with E-state index in [1.807, 2.05) is 0 Å². The average molecular weight is 471 g/mol. The minimum atomic E-state index is -0.704. The summed E-state index contributed by atoms with van der Waals surface area (Å²) in [5.41, 5.74) is 0.204. The van der Waals surface area contributed by atoms with Crippen LogP contribution in [0, 0.1) is 22.5 Å². The van der Waals surface area contributed by atoms with Gasteiger partial charge >= 0.3 is 12.0 Å². The molecule has 3 atom stereocenters. The Balaban J connectivity index is 2.03. The Morgan fingerprint density at radius 2 is 1.79 bits per heavy atom. The number of nitrogens with zero attached hydrogens (tertiary/aromatic N) is 2. The van der Waals surface area contributed by atoms with Crippen LogP contribution >= 0.6 is 0 Å². The first kappa shape index (κ1) is 29.9. The van der Waals surface area contributed by atoms with Gasteiger partial charge in [-0.05, 0) is 75.5 Å². The predicted molar refractivity (Wildman–Crippen MR) is 133 cm³/mol. The van der Waals surface area contributed by atoms with Crippen molar-refractivity contribution in [3.63, 3.8) is 0 Å². The zero-order valence-electron chi connectivity index (χ0n) is 21.9. The molecule has 2 amide bonds. The normalized spacial score (nSPS) is 20.9. The molecule has 1 rings (SSSR count). The number of hydroxylamine groups is 3. The van der Waals surface area contributed by atoms with Gasteiger partial charge in [-0.15, -0.1) is 0 Å². The van der Waals surface area contributed by atoms with E-state index in [9.17, 15) is 14.8 Å². The van der Waals surface area contributed by atoms with Crippen molar-refractivity contribution >= 4 is 12.0 Å². The molecule has 1 saturated heterocycles. The molecule has 0 aromatic carbocycles. The van der Waals surface area contributed by atoms with Gasteiger partial charge in [0.2, 0.25) is 0 Å². The number of urea groups is 1. The van der Waals surface area contributed by atoms with Gasteiger partial charge in [0.15, 0.2) is 0 Å². The van der Waals surface area contributed by atoms with Crippen molar-refractivity contribution < 1.29 is 24.1 Å². The lowest BCUT2D eigenvalue weighted by Gasteiger charge is -2.33. The summed E-state index contributed by atoms with van der Waals surface area (Å²) in [6.07, 6.45) is 9.56. The molecule has 0 aliphatic carbocycles. The van der Waals surface area contributed by atoms with Crippen molar-refractivity contribution in [2.75, 3.05) is 39.4 Å². The lowest BCUT2D eigenvalue weighted by molar-refractivity contribution is -0.787. The third kappa shape index (κ3) is 12.2. The molecular weight excluding hydrogens is 420 g/mol. The van der Waals surface area contributed by atoms with E-state index in [1.54, 1.807) is 11.8 Å². The first-order valence-electron chi connectivity index (χ1n) is 13.2. The number of aliphatic carboxylic acids is 1. The van der Waals surface area contributed by atoms with Crippen molar-refractivity contribution in [3.8, 4) is 0 Å². The van der Waals surface area contributed by atoms with Crippen molar-refractivity contribution in [2.24, 2.45) is 17.3 Å². The number of carboxylic acids is 1. The van der Waals surface area contributed by atoms with Crippen LogP contribution in [0.2, 0.25) is 0 Å². The van der Waals surface area contributed by atoms with E-state index in [0.717, 1.165) is 64.6 Å². The van der Waals surface area contributed by atoms with Gasteiger partial charge < -0.3 is 15.1 Å². The maximum Gasteiger partial charge on any atom is 0.419 e. The highest BCUT2D eigenvalue weighted by Gasteiger charge is 2.38. The highest BCUT2D eigenvalue weighted by atomic mass is 16.6. The van der Waals surface area contributed by atoms with Gasteiger partial charge in [-0.25, -0.2) is 4.79 Å². The van der Waals surface area contributed by atoms with Gasteiger partial charge in [-0.2, -0.15) is 0 Å². The van der Waals surface area contributed by atoms with Gasteiger partial charge in [0, 0.05) is 26.2 Å². The van der Waals surface area contributed by atoms with E-state index in [0.29, 0.717) is 38.0 Å². The fraction of sp³-hybridized carbons (Fsp3) is 0.923. The molecular formula is C26H50N2O5. The molecule has 7 nitrogen and oxygen atoms in total. The Kier molecular flexibility index (Phi) is 13.5. The molecule has 0 aromatic rings. The molecule has 1 N–H and O–H groups in total. The van der Waals surface area contributed by atoms with E-state index < -0.39 is 10.6 Å². The fourth-order valence-corrected chi connectivity index (χ4v) is 4.82. The Morgan fingerprint density at radius 1 is 1.12 bits per heavy atom. The summed E-state index contributed by atoms with van der Waals surface area (Å²) in [5.74, 6) is 0.524. The summed E-state index contributed by atoms with van der Waals surface area (Å²) < 4.78 is 5.17. The van der Waals surface area contributed by atoms with Gasteiger partial charge in [0.25, 0.3) is 0 Å².